The second-order valence-electron chi connectivity index (χ2n) is 8.46. The van der Waals surface area contributed by atoms with Crippen LogP contribution >= 0.6 is 0 Å². The van der Waals surface area contributed by atoms with E-state index in [0.29, 0.717) is 6.07 Å². The van der Waals surface area contributed by atoms with Gasteiger partial charge < -0.3 is 14.5 Å². The average Bonchev–Trinajstić information content (AvgIpc) is 3.03. The molecule has 1 aromatic carbocycles. The first kappa shape index (κ1) is 21.4. The van der Waals surface area contributed by atoms with Gasteiger partial charge in [0.15, 0.2) is 5.67 Å². The van der Waals surface area contributed by atoms with Crippen LogP contribution in [0.2, 0.25) is 0 Å². The largest absolute Gasteiger partial charge is 0.444 e. The highest BCUT2D eigenvalue weighted by Gasteiger charge is 2.56. The van der Waals surface area contributed by atoms with Crippen LogP contribution in [0.25, 0.3) is 0 Å². The molecule has 0 bridgehead atoms. The van der Waals surface area contributed by atoms with E-state index in [0.717, 1.165) is 12.1 Å². The molecule has 2 saturated heterocycles. The van der Waals surface area contributed by atoms with Crippen LogP contribution in [-0.2, 0) is 14.8 Å². The second-order valence-corrected chi connectivity index (χ2v) is 10.0. The summed E-state index contributed by atoms with van der Waals surface area (Å²) >= 11 is 0. The number of hydrogen-bond donors (Lipinski definition) is 1. The highest BCUT2D eigenvalue weighted by atomic mass is 32.2. The zero-order valence-corrected chi connectivity index (χ0v) is 17.1. The van der Waals surface area contributed by atoms with E-state index in [1.807, 2.05) is 0 Å². The molecule has 11 heteroatoms. The number of primary sulfonamides is 1. The fraction of sp³-hybridized carbons (Fsp3) is 0.556. The Balaban J connectivity index is 1.71. The first-order valence-corrected chi connectivity index (χ1v) is 10.5. The molecule has 2 N–H and O–H groups in total. The summed E-state index contributed by atoms with van der Waals surface area (Å²) in [4.78, 5) is 26.8. The van der Waals surface area contributed by atoms with E-state index in [1.54, 1.807) is 20.8 Å². The fourth-order valence-corrected chi connectivity index (χ4v) is 4.15. The molecule has 2 heterocycles. The molecule has 0 aliphatic carbocycles. The number of amides is 2. The quantitative estimate of drug-likeness (QED) is 0.763. The molecule has 2 atom stereocenters. The summed E-state index contributed by atoms with van der Waals surface area (Å²) in [5.74, 6) is -2.42. The molecule has 0 unspecified atom stereocenters. The molecule has 0 spiro atoms. The van der Waals surface area contributed by atoms with Gasteiger partial charge in [0.2, 0.25) is 10.0 Å². The summed E-state index contributed by atoms with van der Waals surface area (Å²) < 4.78 is 57.5. The molecule has 2 amide bonds. The standard InChI is InChI=1S/C18H23F2N3O5S/c1-17(2,3)28-16(25)23-8-11-7-22(9-18(11,20)10-23)15(24)13-5-4-12(6-14(13)19)29(21,26)27/h4-6,11H,7-10H2,1-3H3,(H2,21,26,27)/t11-,18+/m0/s1. The highest BCUT2D eigenvalue weighted by molar-refractivity contribution is 7.89. The Morgan fingerprint density at radius 1 is 1.21 bits per heavy atom. The number of fused-ring (bicyclic) bond motifs is 1. The third-order valence-corrected chi connectivity index (χ3v) is 5.87. The number of benzene rings is 1. The maximum atomic E-state index is 15.4. The Bertz CT molecular complexity index is 963. The van der Waals surface area contributed by atoms with Crippen LogP contribution in [0.15, 0.2) is 23.1 Å². The lowest BCUT2D eigenvalue weighted by Crippen LogP contribution is -2.41. The van der Waals surface area contributed by atoms with Crippen LogP contribution < -0.4 is 5.14 Å². The minimum Gasteiger partial charge on any atom is -0.444 e. The summed E-state index contributed by atoms with van der Waals surface area (Å²) in [6.45, 7) is 4.71. The van der Waals surface area contributed by atoms with Gasteiger partial charge in [-0.05, 0) is 39.0 Å². The maximum absolute atomic E-state index is 15.4. The molecule has 0 radical (unpaired) electrons. The van der Waals surface area contributed by atoms with E-state index < -0.39 is 49.9 Å². The maximum Gasteiger partial charge on any atom is 0.410 e. The van der Waals surface area contributed by atoms with Gasteiger partial charge in [0.05, 0.1) is 23.5 Å². The van der Waals surface area contributed by atoms with E-state index in [4.69, 9.17) is 9.88 Å². The van der Waals surface area contributed by atoms with E-state index >= 15 is 4.39 Å². The zero-order valence-electron chi connectivity index (χ0n) is 16.3. The Morgan fingerprint density at radius 2 is 1.79 bits per heavy atom. The third-order valence-electron chi connectivity index (χ3n) is 4.96. The van der Waals surface area contributed by atoms with E-state index in [9.17, 15) is 22.4 Å². The Hall–Kier alpha value is -2.27. The molecule has 2 aliphatic rings. The SMILES string of the molecule is CC(C)(C)OC(=O)N1C[C@@H]2CN(C(=O)c3ccc(S(N)(=O)=O)cc3F)C[C@@]2(F)C1. The first-order valence-electron chi connectivity index (χ1n) is 8.98. The number of carbonyl (C=O) groups is 2. The smallest absolute Gasteiger partial charge is 0.410 e. The molecule has 2 fully saturated rings. The lowest BCUT2D eigenvalue weighted by molar-refractivity contribution is 0.0246. The predicted molar refractivity (Wildman–Crippen MR) is 98.8 cm³/mol. The van der Waals surface area contributed by atoms with Gasteiger partial charge in [-0.15, -0.1) is 0 Å². The van der Waals surface area contributed by atoms with Crippen LogP contribution in [0.4, 0.5) is 13.6 Å². The van der Waals surface area contributed by atoms with Crippen molar-refractivity contribution in [2.45, 2.75) is 36.9 Å². The number of rotatable bonds is 2. The summed E-state index contributed by atoms with van der Waals surface area (Å²) in [6, 6.07) is 2.70. The number of halogens is 2. The third kappa shape index (κ3) is 4.35. The molecule has 2 aliphatic heterocycles. The van der Waals surface area contributed by atoms with Crippen molar-refractivity contribution in [2.24, 2.45) is 11.1 Å². The Labute approximate surface area is 167 Å². The number of nitrogens with two attached hydrogens (primary N) is 1. The Morgan fingerprint density at radius 3 is 2.31 bits per heavy atom. The lowest BCUT2D eigenvalue weighted by atomic mass is 9.97. The van der Waals surface area contributed by atoms with Crippen LogP contribution in [0.3, 0.4) is 0 Å². The van der Waals surface area contributed by atoms with Crippen molar-refractivity contribution in [2.75, 3.05) is 26.2 Å². The second kappa shape index (κ2) is 6.91. The highest BCUT2D eigenvalue weighted by Crippen LogP contribution is 2.39. The zero-order chi connectivity index (χ0) is 21.8. The molecule has 160 valence electrons. The minimum atomic E-state index is -4.11. The topological polar surface area (TPSA) is 110 Å². The lowest BCUT2D eigenvalue weighted by Gasteiger charge is -2.26. The van der Waals surface area contributed by atoms with Crippen LogP contribution in [0.1, 0.15) is 31.1 Å². The van der Waals surface area contributed by atoms with Crippen molar-refractivity contribution in [1.29, 1.82) is 0 Å². The van der Waals surface area contributed by atoms with E-state index in [2.05, 4.69) is 0 Å². The van der Waals surface area contributed by atoms with Gasteiger partial charge in [-0.25, -0.2) is 27.1 Å². The molecule has 8 nitrogen and oxygen atoms in total. The van der Waals surface area contributed by atoms with Gasteiger partial charge in [-0.1, -0.05) is 0 Å². The van der Waals surface area contributed by atoms with Crippen molar-refractivity contribution in [3.63, 3.8) is 0 Å². The number of likely N-dealkylation sites (tertiary alicyclic amines) is 2. The molecular formula is C18H23F2N3O5S. The number of sulfonamides is 1. The molecule has 0 saturated carbocycles. The number of ether oxygens (including phenoxy) is 1. The van der Waals surface area contributed by atoms with E-state index in [1.165, 1.54) is 9.80 Å². The van der Waals surface area contributed by atoms with Crippen LogP contribution in [0.5, 0.6) is 0 Å². The van der Waals surface area contributed by atoms with Crippen molar-refractivity contribution >= 4 is 22.0 Å². The van der Waals surface area contributed by atoms with Gasteiger partial charge in [0, 0.05) is 19.0 Å². The van der Waals surface area contributed by atoms with E-state index in [-0.39, 0.29) is 31.7 Å². The van der Waals surface area contributed by atoms with Crippen LogP contribution in [-0.4, -0.2) is 67.7 Å². The fourth-order valence-electron chi connectivity index (χ4n) is 3.63. The van der Waals surface area contributed by atoms with Crippen molar-refractivity contribution in [3.05, 3.63) is 29.6 Å². The molecule has 1 aromatic rings. The molecule has 0 aromatic heterocycles. The van der Waals surface area contributed by atoms with Crippen LogP contribution in [0, 0.1) is 11.7 Å². The summed E-state index contributed by atoms with van der Waals surface area (Å²) in [5.41, 5.74) is -2.89. The summed E-state index contributed by atoms with van der Waals surface area (Å²) in [5, 5.41) is 4.95. The first-order chi connectivity index (χ1) is 13.2. The number of nitrogens with zero attached hydrogens (tertiary/aromatic N) is 2. The molecule has 29 heavy (non-hydrogen) atoms. The van der Waals surface area contributed by atoms with Gasteiger partial charge in [0.1, 0.15) is 11.4 Å². The minimum absolute atomic E-state index is 0.00497. The number of carbonyl (C=O) groups excluding carboxylic acids is 2. The van der Waals surface area contributed by atoms with Crippen molar-refractivity contribution in [1.82, 2.24) is 9.80 Å². The number of alkyl halides is 1. The van der Waals surface area contributed by atoms with Crippen molar-refractivity contribution < 1.29 is 31.5 Å². The average molecular weight is 431 g/mol. The van der Waals surface area contributed by atoms with Gasteiger partial charge in [-0.2, -0.15) is 0 Å². The molecule has 3 rings (SSSR count). The Kier molecular flexibility index (Phi) is 5.11. The van der Waals surface area contributed by atoms with Crippen molar-refractivity contribution in [3.8, 4) is 0 Å². The molecular weight excluding hydrogens is 408 g/mol. The predicted octanol–water partition coefficient (Wildman–Crippen LogP) is 1.50. The summed E-state index contributed by atoms with van der Waals surface area (Å²) in [7, 11) is -4.11. The van der Waals surface area contributed by atoms with Gasteiger partial charge in [0.25, 0.3) is 5.91 Å². The monoisotopic (exact) mass is 431 g/mol. The normalized spacial score (nSPS) is 24.6. The van der Waals surface area contributed by atoms with Gasteiger partial charge in [-0.3, -0.25) is 4.79 Å². The number of hydrogen-bond acceptors (Lipinski definition) is 5. The van der Waals surface area contributed by atoms with Gasteiger partial charge >= 0.3 is 6.09 Å². The summed E-state index contributed by atoms with van der Waals surface area (Å²) in [6.07, 6.45) is -0.619.